The molecule has 1 aliphatic heterocycles. The first-order valence-electron chi connectivity index (χ1n) is 9.52. The molecule has 1 aromatic carbocycles. The average Bonchev–Trinajstić information content (AvgIpc) is 3.13. The Morgan fingerprint density at radius 3 is 2.71 bits per heavy atom. The van der Waals surface area contributed by atoms with Crippen LogP contribution >= 0.6 is 0 Å². The van der Waals surface area contributed by atoms with Crippen LogP contribution in [0.4, 0.5) is 0 Å². The summed E-state index contributed by atoms with van der Waals surface area (Å²) in [5.74, 6) is 0.225. The van der Waals surface area contributed by atoms with Gasteiger partial charge < -0.3 is 19.0 Å². The first-order valence-corrected chi connectivity index (χ1v) is 9.52. The van der Waals surface area contributed by atoms with Gasteiger partial charge in [-0.25, -0.2) is 4.79 Å². The maximum atomic E-state index is 12.7. The van der Waals surface area contributed by atoms with Gasteiger partial charge in [-0.15, -0.1) is 0 Å². The van der Waals surface area contributed by atoms with Crippen molar-refractivity contribution in [3.63, 3.8) is 0 Å². The molecule has 1 fully saturated rings. The number of hydrogen-bond acceptors (Lipinski definition) is 5. The third-order valence-electron chi connectivity index (χ3n) is 5.07. The predicted octanol–water partition coefficient (Wildman–Crippen LogP) is 2.12. The van der Waals surface area contributed by atoms with E-state index in [0.29, 0.717) is 36.1 Å². The monoisotopic (exact) mass is 386 g/mol. The van der Waals surface area contributed by atoms with Gasteiger partial charge in [0.15, 0.2) is 6.61 Å². The van der Waals surface area contributed by atoms with Crippen molar-refractivity contribution < 1.29 is 18.7 Å². The van der Waals surface area contributed by atoms with Crippen LogP contribution in [-0.2, 0) is 16.0 Å². The van der Waals surface area contributed by atoms with Gasteiger partial charge in [-0.05, 0) is 49.4 Å². The van der Waals surface area contributed by atoms with Crippen molar-refractivity contribution in [1.82, 2.24) is 9.80 Å². The van der Waals surface area contributed by atoms with E-state index in [1.165, 1.54) is 11.0 Å². The second-order valence-electron chi connectivity index (χ2n) is 7.35. The van der Waals surface area contributed by atoms with E-state index in [4.69, 9.17) is 9.15 Å². The van der Waals surface area contributed by atoms with Crippen molar-refractivity contribution in [2.45, 2.75) is 39.2 Å². The Balaban J connectivity index is 1.84. The average molecular weight is 386 g/mol. The first-order chi connectivity index (χ1) is 13.3. The van der Waals surface area contributed by atoms with Crippen LogP contribution in [0.5, 0.6) is 5.75 Å². The molecule has 7 nitrogen and oxygen atoms in total. The van der Waals surface area contributed by atoms with Crippen molar-refractivity contribution in [2.75, 3.05) is 27.2 Å². The lowest BCUT2D eigenvalue weighted by molar-refractivity contribution is -0.143. The van der Waals surface area contributed by atoms with Gasteiger partial charge >= 0.3 is 5.63 Å². The number of ether oxygens (including phenoxy) is 1. The molecule has 0 saturated carbocycles. The molecule has 7 heteroatoms. The van der Waals surface area contributed by atoms with Crippen molar-refractivity contribution in [3.05, 3.63) is 39.7 Å². The number of aryl methyl sites for hydroxylation is 2. The maximum Gasteiger partial charge on any atom is 0.336 e. The standard InChI is InChI=1S/C21H26N2O5/c1-5-14-11-19(25)28-17-10-13(2)9-16(20(14)17)27-12-18(24)23-8-6-7-15(23)21(26)22(3)4/h9-11,15H,5-8,12H2,1-4H3/t15-/m0/s1. The molecule has 1 aromatic heterocycles. The number of likely N-dealkylation sites (tertiary alicyclic amines) is 1. The molecule has 2 heterocycles. The summed E-state index contributed by atoms with van der Waals surface area (Å²) in [4.78, 5) is 40.0. The molecule has 0 aliphatic carbocycles. The van der Waals surface area contributed by atoms with Crippen molar-refractivity contribution in [3.8, 4) is 5.75 Å². The Kier molecular flexibility index (Phi) is 5.72. The molecular weight excluding hydrogens is 360 g/mol. The zero-order valence-electron chi connectivity index (χ0n) is 16.8. The van der Waals surface area contributed by atoms with E-state index in [1.54, 1.807) is 25.1 Å². The molecule has 0 radical (unpaired) electrons. The molecule has 0 spiro atoms. The van der Waals surface area contributed by atoms with E-state index in [-0.39, 0.29) is 18.4 Å². The number of fused-ring (bicyclic) bond motifs is 1. The number of rotatable bonds is 5. The van der Waals surface area contributed by atoms with Gasteiger partial charge in [0, 0.05) is 26.7 Å². The highest BCUT2D eigenvalue weighted by atomic mass is 16.5. The SMILES string of the molecule is CCc1cc(=O)oc2cc(C)cc(OCC(=O)N3CCC[C@H]3C(=O)N(C)C)c12. The maximum absolute atomic E-state index is 12.7. The second-order valence-corrected chi connectivity index (χ2v) is 7.35. The molecule has 1 saturated heterocycles. The van der Waals surface area contributed by atoms with Gasteiger partial charge in [0.25, 0.3) is 5.91 Å². The Morgan fingerprint density at radius 2 is 2.04 bits per heavy atom. The molecule has 28 heavy (non-hydrogen) atoms. The fourth-order valence-electron chi connectivity index (χ4n) is 3.71. The van der Waals surface area contributed by atoms with Crippen LogP contribution in [0.15, 0.2) is 27.4 Å². The highest BCUT2D eigenvalue weighted by Crippen LogP contribution is 2.30. The topological polar surface area (TPSA) is 80.1 Å². The summed E-state index contributed by atoms with van der Waals surface area (Å²) >= 11 is 0. The van der Waals surface area contributed by atoms with Crippen molar-refractivity contribution in [2.24, 2.45) is 0 Å². The Hall–Kier alpha value is -2.83. The van der Waals surface area contributed by atoms with Gasteiger partial charge in [0.2, 0.25) is 5.91 Å². The summed E-state index contributed by atoms with van der Waals surface area (Å²) in [6.45, 7) is 4.21. The highest BCUT2D eigenvalue weighted by molar-refractivity contribution is 5.90. The zero-order valence-corrected chi connectivity index (χ0v) is 16.8. The number of amides is 2. The summed E-state index contributed by atoms with van der Waals surface area (Å²) < 4.78 is 11.2. The largest absolute Gasteiger partial charge is 0.483 e. The number of hydrogen-bond donors (Lipinski definition) is 0. The van der Waals surface area contributed by atoms with E-state index in [0.717, 1.165) is 17.5 Å². The quantitative estimate of drug-likeness (QED) is 0.736. The number of nitrogens with zero attached hydrogens (tertiary/aromatic N) is 2. The van der Waals surface area contributed by atoms with Crippen LogP contribution in [0.3, 0.4) is 0 Å². The lowest BCUT2D eigenvalue weighted by Gasteiger charge is -2.26. The fraction of sp³-hybridized carbons (Fsp3) is 0.476. The summed E-state index contributed by atoms with van der Waals surface area (Å²) in [6.07, 6.45) is 2.11. The lowest BCUT2D eigenvalue weighted by Crippen LogP contribution is -2.46. The summed E-state index contributed by atoms with van der Waals surface area (Å²) in [6, 6.07) is 4.65. The third kappa shape index (κ3) is 3.88. The van der Waals surface area contributed by atoms with E-state index in [9.17, 15) is 14.4 Å². The molecule has 1 aliphatic rings. The zero-order chi connectivity index (χ0) is 20.4. The van der Waals surface area contributed by atoms with Crippen LogP contribution in [0, 0.1) is 6.92 Å². The van der Waals surface area contributed by atoms with E-state index < -0.39 is 11.7 Å². The summed E-state index contributed by atoms with van der Waals surface area (Å²) in [5, 5.41) is 0.711. The molecule has 150 valence electrons. The molecule has 3 rings (SSSR count). The summed E-state index contributed by atoms with van der Waals surface area (Å²) in [7, 11) is 3.39. The number of benzene rings is 1. The van der Waals surface area contributed by atoms with Crippen LogP contribution in [0.25, 0.3) is 11.0 Å². The van der Waals surface area contributed by atoms with Crippen molar-refractivity contribution in [1.29, 1.82) is 0 Å². The van der Waals surface area contributed by atoms with Crippen LogP contribution < -0.4 is 10.4 Å². The molecule has 0 unspecified atom stereocenters. The molecule has 2 aromatic rings. The van der Waals surface area contributed by atoms with Crippen molar-refractivity contribution >= 4 is 22.8 Å². The van der Waals surface area contributed by atoms with Gasteiger partial charge in [-0.3, -0.25) is 9.59 Å². The predicted molar refractivity (Wildman–Crippen MR) is 106 cm³/mol. The first kappa shape index (κ1) is 19.9. The normalized spacial score (nSPS) is 16.4. The number of carbonyl (C=O) groups is 2. The van der Waals surface area contributed by atoms with E-state index >= 15 is 0 Å². The lowest BCUT2D eigenvalue weighted by atomic mass is 10.1. The molecule has 0 N–H and O–H groups in total. The molecule has 1 atom stereocenters. The fourth-order valence-corrected chi connectivity index (χ4v) is 3.71. The van der Waals surface area contributed by atoms with E-state index in [1.807, 2.05) is 19.9 Å². The number of likely N-dealkylation sites (N-methyl/N-ethyl adjacent to an activating group) is 1. The van der Waals surface area contributed by atoms with E-state index in [2.05, 4.69) is 0 Å². The molecule has 2 amide bonds. The minimum atomic E-state index is -0.426. The molecular formula is C21H26N2O5. The van der Waals surface area contributed by atoms with Crippen LogP contribution in [0.1, 0.15) is 30.9 Å². The second kappa shape index (κ2) is 8.04. The number of carbonyl (C=O) groups excluding carboxylic acids is 2. The Labute approximate surface area is 163 Å². The Morgan fingerprint density at radius 1 is 1.29 bits per heavy atom. The van der Waals surface area contributed by atoms with Gasteiger partial charge in [0.05, 0.1) is 5.39 Å². The summed E-state index contributed by atoms with van der Waals surface area (Å²) in [5.41, 5.74) is 1.73. The smallest absolute Gasteiger partial charge is 0.336 e. The molecule has 0 bridgehead atoms. The third-order valence-corrected chi connectivity index (χ3v) is 5.07. The van der Waals surface area contributed by atoms with Gasteiger partial charge in [-0.1, -0.05) is 6.92 Å². The van der Waals surface area contributed by atoms with Crippen LogP contribution in [-0.4, -0.2) is 54.9 Å². The van der Waals surface area contributed by atoms with Crippen LogP contribution in [0.2, 0.25) is 0 Å². The highest BCUT2D eigenvalue weighted by Gasteiger charge is 2.35. The Bertz CT molecular complexity index is 963. The van der Waals surface area contributed by atoms with Gasteiger partial charge in [0.1, 0.15) is 17.4 Å². The minimum Gasteiger partial charge on any atom is -0.483 e. The minimum absolute atomic E-state index is 0.0677. The van der Waals surface area contributed by atoms with Gasteiger partial charge in [-0.2, -0.15) is 0 Å².